The number of benzene rings is 1. The van der Waals surface area contributed by atoms with Gasteiger partial charge in [-0.3, -0.25) is 9.71 Å². The highest BCUT2D eigenvalue weighted by Crippen LogP contribution is 2.39. The molecule has 1 aromatic carbocycles. The van der Waals surface area contributed by atoms with Gasteiger partial charge in [0.1, 0.15) is 0 Å². The summed E-state index contributed by atoms with van der Waals surface area (Å²) >= 11 is 0. The fraction of sp³-hybridized carbons (Fsp3) is 0.312. The Morgan fingerprint density at radius 1 is 1.26 bits per heavy atom. The van der Waals surface area contributed by atoms with Crippen LogP contribution in [0.25, 0.3) is 11.3 Å². The van der Waals surface area contributed by atoms with Crippen LogP contribution in [0.15, 0.2) is 36.5 Å². The molecule has 0 aliphatic heterocycles. The quantitative estimate of drug-likeness (QED) is 0.884. The Bertz CT molecular complexity index is 807. The fourth-order valence-electron chi connectivity index (χ4n) is 2.60. The second-order valence-electron chi connectivity index (χ2n) is 5.94. The third-order valence-corrected chi connectivity index (χ3v) is 4.34. The van der Waals surface area contributed by atoms with Gasteiger partial charge in [0.2, 0.25) is 10.0 Å². The number of aromatic nitrogens is 1. The average molecular weight is 354 g/mol. The van der Waals surface area contributed by atoms with E-state index in [0.717, 1.165) is 29.5 Å². The Kier molecular flexibility index (Phi) is 4.98. The Morgan fingerprint density at radius 3 is 2.48 bits per heavy atom. The molecule has 0 amide bonds. The van der Waals surface area contributed by atoms with Gasteiger partial charge in [-0.2, -0.15) is 0 Å². The van der Waals surface area contributed by atoms with Crippen molar-refractivity contribution in [3.63, 3.8) is 0 Å². The summed E-state index contributed by atoms with van der Waals surface area (Å²) in [6, 6.07) is 9.84. The van der Waals surface area contributed by atoms with Crippen LogP contribution < -0.4 is 10.5 Å². The Hall–Kier alpha value is -1.63. The summed E-state index contributed by atoms with van der Waals surface area (Å²) in [6.45, 7) is 1.93. The van der Waals surface area contributed by atoms with Crippen LogP contribution in [-0.2, 0) is 10.0 Å². The lowest BCUT2D eigenvalue weighted by Crippen LogP contribution is -2.09. The highest BCUT2D eigenvalue weighted by Gasteiger charge is 2.34. The zero-order valence-corrected chi connectivity index (χ0v) is 14.6. The van der Waals surface area contributed by atoms with Gasteiger partial charge < -0.3 is 5.73 Å². The van der Waals surface area contributed by atoms with Gasteiger partial charge in [0, 0.05) is 29.4 Å². The smallest absolute Gasteiger partial charge is 0.229 e. The summed E-state index contributed by atoms with van der Waals surface area (Å²) in [4.78, 5) is 4.49. The van der Waals surface area contributed by atoms with Crippen LogP contribution >= 0.6 is 12.4 Å². The van der Waals surface area contributed by atoms with E-state index in [-0.39, 0.29) is 18.4 Å². The molecule has 5 nitrogen and oxygen atoms in total. The Labute approximate surface area is 142 Å². The molecule has 1 aliphatic rings. The van der Waals surface area contributed by atoms with Gasteiger partial charge >= 0.3 is 0 Å². The minimum absolute atomic E-state index is 0. The van der Waals surface area contributed by atoms with E-state index in [2.05, 4.69) is 9.71 Å². The number of sulfonamides is 1. The van der Waals surface area contributed by atoms with E-state index >= 15 is 0 Å². The maximum absolute atomic E-state index is 11.4. The van der Waals surface area contributed by atoms with Crippen LogP contribution in [0.4, 0.5) is 5.69 Å². The highest BCUT2D eigenvalue weighted by molar-refractivity contribution is 7.92. The molecule has 1 saturated carbocycles. The molecule has 3 N–H and O–H groups in total. The first kappa shape index (κ1) is 17.7. The van der Waals surface area contributed by atoms with Crippen molar-refractivity contribution in [3.8, 4) is 11.3 Å². The molecular formula is C16H20ClN3O2S. The summed E-state index contributed by atoms with van der Waals surface area (Å²) in [5.74, 6) is 0.432. The molecule has 2 atom stereocenters. The number of pyridine rings is 1. The minimum Gasteiger partial charge on any atom is -0.327 e. The summed E-state index contributed by atoms with van der Waals surface area (Å²) in [7, 11) is -3.29. The SMILES string of the molecule is Cc1cc(NS(C)(=O)=O)cc(-c2ccc([C@H]3C[C@@H]3N)cn2)c1.Cl. The molecule has 23 heavy (non-hydrogen) atoms. The Morgan fingerprint density at radius 2 is 1.96 bits per heavy atom. The number of aryl methyl sites for hydroxylation is 1. The number of anilines is 1. The van der Waals surface area contributed by atoms with E-state index in [9.17, 15) is 8.42 Å². The van der Waals surface area contributed by atoms with Gasteiger partial charge in [0.25, 0.3) is 0 Å². The van der Waals surface area contributed by atoms with Crippen LogP contribution in [-0.4, -0.2) is 25.7 Å². The predicted molar refractivity (Wildman–Crippen MR) is 95.5 cm³/mol. The number of nitrogens with one attached hydrogen (secondary N) is 1. The lowest BCUT2D eigenvalue weighted by molar-refractivity contribution is 0.607. The molecule has 124 valence electrons. The van der Waals surface area contributed by atoms with E-state index in [1.165, 1.54) is 5.56 Å². The molecule has 0 spiro atoms. The monoisotopic (exact) mass is 353 g/mol. The summed E-state index contributed by atoms with van der Waals surface area (Å²) in [6.07, 6.45) is 4.02. The lowest BCUT2D eigenvalue weighted by atomic mass is 10.1. The third kappa shape index (κ3) is 4.43. The first-order valence-electron chi connectivity index (χ1n) is 7.13. The summed E-state index contributed by atoms with van der Waals surface area (Å²) in [5.41, 5.74) is 10.2. The first-order valence-corrected chi connectivity index (χ1v) is 9.02. The standard InChI is InChI=1S/C16H19N3O2S.ClH/c1-10-5-12(7-13(6-10)19-22(2,20)21)16-4-3-11(9-18-16)14-8-15(14)17;/h3-7,9,14-15,19H,8,17H2,1-2H3;1H/t14-,15+;/m1./s1. The molecule has 0 unspecified atom stereocenters. The normalized spacial score (nSPS) is 19.8. The molecule has 1 aromatic heterocycles. The van der Waals surface area contributed by atoms with Crippen LogP contribution in [0.5, 0.6) is 0 Å². The topological polar surface area (TPSA) is 85.1 Å². The summed E-state index contributed by atoms with van der Waals surface area (Å²) in [5, 5.41) is 0. The number of hydrogen-bond acceptors (Lipinski definition) is 4. The van der Waals surface area contributed by atoms with E-state index in [4.69, 9.17) is 5.73 Å². The van der Waals surface area contributed by atoms with Gasteiger partial charge in [-0.25, -0.2) is 8.42 Å². The number of nitrogens with zero attached hydrogens (tertiary/aromatic N) is 1. The van der Waals surface area contributed by atoms with Gasteiger partial charge in [-0.1, -0.05) is 6.07 Å². The van der Waals surface area contributed by atoms with E-state index in [1.54, 1.807) is 12.1 Å². The van der Waals surface area contributed by atoms with Crippen molar-refractivity contribution < 1.29 is 8.42 Å². The van der Waals surface area contributed by atoms with Gasteiger partial charge in [0.15, 0.2) is 0 Å². The van der Waals surface area contributed by atoms with Gasteiger partial charge in [-0.15, -0.1) is 12.4 Å². The predicted octanol–water partition coefficient (Wildman–Crippen LogP) is 2.66. The molecular weight excluding hydrogens is 334 g/mol. The Balaban J connectivity index is 0.00000192. The number of nitrogens with two attached hydrogens (primary N) is 1. The zero-order chi connectivity index (χ0) is 15.9. The van der Waals surface area contributed by atoms with E-state index in [1.807, 2.05) is 31.3 Å². The summed E-state index contributed by atoms with van der Waals surface area (Å²) < 4.78 is 25.3. The maximum Gasteiger partial charge on any atom is 0.229 e. The molecule has 3 rings (SSSR count). The van der Waals surface area contributed by atoms with Crippen LogP contribution in [0.1, 0.15) is 23.5 Å². The second-order valence-corrected chi connectivity index (χ2v) is 7.69. The first-order chi connectivity index (χ1) is 10.3. The number of halogens is 1. The highest BCUT2D eigenvalue weighted by atomic mass is 35.5. The van der Waals surface area contributed by atoms with Crippen molar-refractivity contribution in [2.75, 3.05) is 11.0 Å². The van der Waals surface area contributed by atoms with Crippen molar-refractivity contribution >= 4 is 28.1 Å². The molecule has 2 aromatic rings. The zero-order valence-electron chi connectivity index (χ0n) is 13.0. The van der Waals surface area contributed by atoms with Crippen LogP contribution in [0, 0.1) is 6.92 Å². The molecule has 0 radical (unpaired) electrons. The van der Waals surface area contributed by atoms with Gasteiger partial charge in [-0.05, 0) is 48.7 Å². The molecule has 1 fully saturated rings. The molecule has 7 heteroatoms. The van der Waals surface area contributed by atoms with Crippen molar-refractivity contribution in [3.05, 3.63) is 47.7 Å². The van der Waals surface area contributed by atoms with Crippen LogP contribution in [0.2, 0.25) is 0 Å². The largest absolute Gasteiger partial charge is 0.327 e. The van der Waals surface area contributed by atoms with Crippen molar-refractivity contribution in [1.29, 1.82) is 0 Å². The van der Waals surface area contributed by atoms with E-state index < -0.39 is 10.0 Å². The van der Waals surface area contributed by atoms with E-state index in [0.29, 0.717) is 11.6 Å². The lowest BCUT2D eigenvalue weighted by Gasteiger charge is -2.09. The molecule has 1 heterocycles. The third-order valence-electron chi connectivity index (χ3n) is 3.73. The average Bonchev–Trinajstić information content (AvgIpc) is 3.13. The molecule has 0 bridgehead atoms. The number of hydrogen-bond donors (Lipinski definition) is 2. The number of rotatable bonds is 4. The van der Waals surface area contributed by atoms with Crippen molar-refractivity contribution in [2.45, 2.75) is 25.3 Å². The van der Waals surface area contributed by atoms with Gasteiger partial charge in [0.05, 0.1) is 11.9 Å². The molecule has 1 aliphatic carbocycles. The minimum atomic E-state index is -3.29. The fourth-order valence-corrected chi connectivity index (χ4v) is 3.14. The van der Waals surface area contributed by atoms with Crippen molar-refractivity contribution in [1.82, 2.24) is 4.98 Å². The van der Waals surface area contributed by atoms with Crippen molar-refractivity contribution in [2.24, 2.45) is 5.73 Å². The second kappa shape index (κ2) is 6.47. The molecule has 0 saturated heterocycles. The van der Waals surface area contributed by atoms with Crippen LogP contribution in [0.3, 0.4) is 0 Å². The maximum atomic E-state index is 11.4.